The van der Waals surface area contributed by atoms with Crippen LogP contribution in [0.2, 0.25) is 0 Å². The number of piperazine rings is 1. The van der Waals surface area contributed by atoms with Gasteiger partial charge in [-0.05, 0) is 38.8 Å². The Morgan fingerprint density at radius 1 is 1.31 bits per heavy atom. The Hall–Kier alpha value is -0.610. The van der Waals surface area contributed by atoms with Crippen molar-refractivity contribution >= 4 is 6.41 Å². The van der Waals surface area contributed by atoms with Crippen molar-refractivity contribution in [2.45, 2.75) is 25.8 Å². The molecule has 0 radical (unpaired) electrons. The number of rotatable bonds is 3. The van der Waals surface area contributed by atoms with Gasteiger partial charge < -0.3 is 10.2 Å². The molecule has 4 heteroatoms. The lowest BCUT2D eigenvalue weighted by Crippen LogP contribution is -2.52. The largest absolute Gasteiger partial charge is 0.340 e. The van der Waals surface area contributed by atoms with Gasteiger partial charge in [-0.25, -0.2) is 0 Å². The van der Waals surface area contributed by atoms with E-state index in [2.05, 4.69) is 17.1 Å². The third kappa shape index (κ3) is 2.95. The van der Waals surface area contributed by atoms with Gasteiger partial charge in [-0.2, -0.15) is 0 Å². The number of hydrogen-bond acceptors (Lipinski definition) is 3. The van der Waals surface area contributed by atoms with Crippen LogP contribution in [0.3, 0.4) is 0 Å². The summed E-state index contributed by atoms with van der Waals surface area (Å²) in [5.41, 5.74) is 0. The minimum Gasteiger partial charge on any atom is -0.340 e. The first-order valence-electron chi connectivity index (χ1n) is 6.43. The van der Waals surface area contributed by atoms with Gasteiger partial charge in [-0.3, -0.25) is 9.69 Å². The lowest BCUT2D eigenvalue weighted by Gasteiger charge is -2.39. The quantitative estimate of drug-likeness (QED) is 0.695. The van der Waals surface area contributed by atoms with Crippen LogP contribution in [0.1, 0.15) is 19.8 Å². The Morgan fingerprint density at radius 3 is 2.69 bits per heavy atom. The Bertz CT molecular complexity index is 228. The molecule has 2 rings (SSSR count). The molecule has 0 aromatic heterocycles. The summed E-state index contributed by atoms with van der Waals surface area (Å²) in [4.78, 5) is 15.2. The van der Waals surface area contributed by atoms with Crippen LogP contribution in [0.4, 0.5) is 0 Å². The van der Waals surface area contributed by atoms with E-state index in [-0.39, 0.29) is 0 Å². The number of carbonyl (C=O) groups is 1. The highest BCUT2D eigenvalue weighted by atomic mass is 16.1. The van der Waals surface area contributed by atoms with Gasteiger partial charge in [0.25, 0.3) is 0 Å². The van der Waals surface area contributed by atoms with Gasteiger partial charge in [0.15, 0.2) is 0 Å². The zero-order valence-corrected chi connectivity index (χ0v) is 10.2. The summed E-state index contributed by atoms with van der Waals surface area (Å²) < 4.78 is 0. The molecule has 2 aliphatic rings. The second-order valence-electron chi connectivity index (χ2n) is 5.15. The average Bonchev–Trinajstić information content (AvgIpc) is 2.31. The predicted molar refractivity (Wildman–Crippen MR) is 64.3 cm³/mol. The summed E-state index contributed by atoms with van der Waals surface area (Å²) in [6.07, 6.45) is 3.61. The minimum atomic E-state index is 0.382. The van der Waals surface area contributed by atoms with Crippen molar-refractivity contribution in [3.63, 3.8) is 0 Å². The van der Waals surface area contributed by atoms with E-state index in [4.69, 9.17) is 0 Å². The van der Waals surface area contributed by atoms with Gasteiger partial charge in [0.2, 0.25) is 6.41 Å². The van der Waals surface area contributed by atoms with Crippen LogP contribution in [-0.4, -0.2) is 61.5 Å². The summed E-state index contributed by atoms with van der Waals surface area (Å²) in [6.45, 7) is 8.70. The van der Waals surface area contributed by atoms with Crippen molar-refractivity contribution in [1.29, 1.82) is 0 Å². The van der Waals surface area contributed by atoms with Crippen LogP contribution in [0.15, 0.2) is 0 Å². The Kier molecular flexibility index (Phi) is 4.18. The van der Waals surface area contributed by atoms with Crippen LogP contribution < -0.4 is 5.32 Å². The van der Waals surface area contributed by atoms with Crippen molar-refractivity contribution in [3.05, 3.63) is 0 Å². The van der Waals surface area contributed by atoms with Gasteiger partial charge in [-0.15, -0.1) is 0 Å². The second-order valence-corrected chi connectivity index (χ2v) is 5.15. The third-order valence-electron chi connectivity index (χ3n) is 3.87. The molecule has 16 heavy (non-hydrogen) atoms. The molecule has 0 saturated carbocycles. The number of piperidine rings is 1. The molecular formula is C12H23N3O. The summed E-state index contributed by atoms with van der Waals surface area (Å²) in [7, 11) is 0. The molecule has 1 amide bonds. The van der Waals surface area contributed by atoms with Gasteiger partial charge in [-0.1, -0.05) is 0 Å². The lowest BCUT2D eigenvalue weighted by atomic mass is 9.97. The van der Waals surface area contributed by atoms with Gasteiger partial charge in [0, 0.05) is 32.2 Å². The Labute approximate surface area is 98.0 Å². The van der Waals surface area contributed by atoms with Gasteiger partial charge in [0.05, 0.1) is 0 Å². The van der Waals surface area contributed by atoms with E-state index < -0.39 is 0 Å². The molecular weight excluding hydrogens is 202 g/mol. The molecule has 2 heterocycles. The highest BCUT2D eigenvalue weighted by molar-refractivity contribution is 5.47. The van der Waals surface area contributed by atoms with E-state index in [0.29, 0.717) is 6.04 Å². The molecule has 0 bridgehead atoms. The molecule has 92 valence electrons. The fourth-order valence-electron chi connectivity index (χ4n) is 2.80. The molecule has 2 saturated heterocycles. The lowest BCUT2D eigenvalue weighted by molar-refractivity contribution is -0.122. The zero-order valence-electron chi connectivity index (χ0n) is 10.2. The maximum absolute atomic E-state index is 10.8. The molecule has 0 aromatic rings. The van der Waals surface area contributed by atoms with E-state index >= 15 is 0 Å². The smallest absolute Gasteiger partial charge is 0.210 e. The summed E-state index contributed by atoms with van der Waals surface area (Å²) in [5, 5.41) is 3.40. The van der Waals surface area contributed by atoms with E-state index in [0.717, 1.165) is 32.0 Å². The van der Waals surface area contributed by atoms with Crippen molar-refractivity contribution in [1.82, 2.24) is 15.1 Å². The first-order chi connectivity index (χ1) is 7.79. The van der Waals surface area contributed by atoms with Crippen molar-refractivity contribution in [3.8, 4) is 0 Å². The van der Waals surface area contributed by atoms with E-state index in [1.807, 2.05) is 4.90 Å². The first-order valence-corrected chi connectivity index (χ1v) is 6.43. The molecule has 0 spiro atoms. The van der Waals surface area contributed by atoms with Crippen molar-refractivity contribution < 1.29 is 4.79 Å². The number of nitrogens with one attached hydrogen (secondary N) is 1. The van der Waals surface area contributed by atoms with Crippen LogP contribution in [0.25, 0.3) is 0 Å². The molecule has 1 atom stereocenters. The molecule has 4 nitrogen and oxygen atoms in total. The molecule has 2 fully saturated rings. The van der Waals surface area contributed by atoms with E-state index in [1.165, 1.54) is 32.5 Å². The maximum Gasteiger partial charge on any atom is 0.210 e. The molecule has 0 unspecified atom stereocenters. The minimum absolute atomic E-state index is 0.382. The maximum atomic E-state index is 10.8. The molecule has 0 aliphatic carbocycles. The SMILES string of the molecule is C[C@@H]1CN(CC2CCNCC2)CCN1C=O. The number of hydrogen-bond donors (Lipinski definition) is 1. The molecule has 0 aromatic carbocycles. The third-order valence-corrected chi connectivity index (χ3v) is 3.87. The first kappa shape index (κ1) is 11.9. The van der Waals surface area contributed by atoms with Gasteiger partial charge >= 0.3 is 0 Å². The molecule has 2 aliphatic heterocycles. The van der Waals surface area contributed by atoms with E-state index in [9.17, 15) is 4.79 Å². The summed E-state index contributed by atoms with van der Waals surface area (Å²) in [6, 6.07) is 0.382. The Balaban J connectivity index is 1.76. The zero-order chi connectivity index (χ0) is 11.4. The average molecular weight is 225 g/mol. The highest BCUT2D eigenvalue weighted by Gasteiger charge is 2.24. The highest BCUT2D eigenvalue weighted by Crippen LogP contribution is 2.16. The summed E-state index contributed by atoms with van der Waals surface area (Å²) >= 11 is 0. The predicted octanol–water partition coefficient (Wildman–Crippen LogP) is 0.149. The van der Waals surface area contributed by atoms with Crippen LogP contribution in [0, 0.1) is 5.92 Å². The van der Waals surface area contributed by atoms with Crippen LogP contribution >= 0.6 is 0 Å². The number of amides is 1. The topological polar surface area (TPSA) is 35.6 Å². The van der Waals surface area contributed by atoms with Crippen LogP contribution in [0.5, 0.6) is 0 Å². The fraction of sp³-hybridized carbons (Fsp3) is 0.917. The van der Waals surface area contributed by atoms with Crippen LogP contribution in [-0.2, 0) is 4.79 Å². The van der Waals surface area contributed by atoms with Gasteiger partial charge in [0.1, 0.15) is 0 Å². The normalized spacial score (nSPS) is 29.3. The van der Waals surface area contributed by atoms with Crippen molar-refractivity contribution in [2.75, 3.05) is 39.3 Å². The van der Waals surface area contributed by atoms with Crippen molar-refractivity contribution in [2.24, 2.45) is 5.92 Å². The Morgan fingerprint density at radius 2 is 2.06 bits per heavy atom. The second kappa shape index (κ2) is 5.64. The molecule has 1 N–H and O–H groups in total. The fourth-order valence-corrected chi connectivity index (χ4v) is 2.80. The standard InChI is InChI=1S/C12H23N3O/c1-11-8-14(6-7-15(11)10-16)9-12-2-4-13-5-3-12/h10-13H,2-9H2,1H3/t11-/m1/s1. The summed E-state index contributed by atoms with van der Waals surface area (Å²) in [5.74, 6) is 0.858. The number of carbonyl (C=O) groups excluding carboxylic acids is 1. The monoisotopic (exact) mass is 225 g/mol. The van der Waals surface area contributed by atoms with E-state index in [1.54, 1.807) is 0 Å². The number of nitrogens with zero attached hydrogens (tertiary/aromatic N) is 2.